The van der Waals surface area contributed by atoms with Gasteiger partial charge in [-0.25, -0.2) is 9.97 Å². The van der Waals surface area contributed by atoms with Crippen molar-refractivity contribution in [3.63, 3.8) is 0 Å². The molecule has 0 radical (unpaired) electrons. The van der Waals surface area contributed by atoms with Crippen LogP contribution in [0.25, 0.3) is 5.78 Å². The molecule has 1 aliphatic rings. The summed E-state index contributed by atoms with van der Waals surface area (Å²) in [6.07, 6.45) is 9.55. The fourth-order valence-electron chi connectivity index (χ4n) is 3.24. The minimum atomic E-state index is 0.411. The van der Waals surface area contributed by atoms with Crippen molar-refractivity contribution >= 4 is 11.6 Å². The number of aromatic nitrogens is 6. The second-order valence-electron chi connectivity index (χ2n) is 5.76. The van der Waals surface area contributed by atoms with Crippen LogP contribution in [0, 0.1) is 0 Å². The lowest BCUT2D eigenvalue weighted by Gasteiger charge is -2.27. The third-order valence-electron chi connectivity index (χ3n) is 4.23. The number of fused-ring (bicyclic) bond motifs is 1. The van der Waals surface area contributed by atoms with Gasteiger partial charge in [0.1, 0.15) is 12.1 Å². The SMILES string of the molecule is COCc1cc(N2CCCC2Cn2ccnc2)n2ncnc2n1. The normalized spacial score (nSPS) is 18.1. The van der Waals surface area contributed by atoms with E-state index in [0.717, 1.165) is 37.4 Å². The summed E-state index contributed by atoms with van der Waals surface area (Å²) in [5.41, 5.74) is 0.872. The number of ether oxygens (including phenoxy) is 1. The monoisotopic (exact) mass is 313 g/mol. The standard InChI is InChI=1S/C15H19N7O/c1-23-9-12-7-14(22-15(19-12)17-10-18-22)21-5-2-3-13(21)8-20-6-4-16-11-20/h4,6-7,10-11,13H,2-3,5,8-9H2,1H3. The summed E-state index contributed by atoms with van der Waals surface area (Å²) < 4.78 is 9.17. The number of rotatable bonds is 5. The number of anilines is 1. The highest BCUT2D eigenvalue weighted by Crippen LogP contribution is 2.27. The van der Waals surface area contributed by atoms with Crippen LogP contribution in [0.2, 0.25) is 0 Å². The van der Waals surface area contributed by atoms with Crippen LogP contribution in [0.1, 0.15) is 18.5 Å². The number of methoxy groups -OCH3 is 1. The van der Waals surface area contributed by atoms with Crippen LogP contribution in [0.3, 0.4) is 0 Å². The molecule has 0 N–H and O–H groups in total. The molecule has 3 aromatic rings. The van der Waals surface area contributed by atoms with Gasteiger partial charge in [0.15, 0.2) is 0 Å². The Kier molecular flexibility index (Phi) is 3.66. The molecule has 1 unspecified atom stereocenters. The van der Waals surface area contributed by atoms with Crippen molar-refractivity contribution in [3.8, 4) is 0 Å². The molecule has 1 saturated heterocycles. The summed E-state index contributed by atoms with van der Waals surface area (Å²) in [7, 11) is 1.67. The second kappa shape index (κ2) is 5.96. The van der Waals surface area contributed by atoms with Crippen LogP contribution in [0.15, 0.2) is 31.1 Å². The molecule has 0 spiro atoms. The Labute approximate surface area is 133 Å². The quantitative estimate of drug-likeness (QED) is 0.703. The highest BCUT2D eigenvalue weighted by molar-refractivity contribution is 5.49. The van der Waals surface area contributed by atoms with Gasteiger partial charge in [-0.05, 0) is 12.8 Å². The molecule has 4 rings (SSSR count). The van der Waals surface area contributed by atoms with Crippen LogP contribution in [-0.2, 0) is 17.9 Å². The fraction of sp³-hybridized carbons (Fsp3) is 0.467. The Morgan fingerprint density at radius 1 is 1.39 bits per heavy atom. The highest BCUT2D eigenvalue weighted by atomic mass is 16.5. The van der Waals surface area contributed by atoms with Gasteiger partial charge in [0.05, 0.1) is 18.6 Å². The van der Waals surface area contributed by atoms with Crippen LogP contribution >= 0.6 is 0 Å². The molecule has 23 heavy (non-hydrogen) atoms. The molecule has 4 heterocycles. The van der Waals surface area contributed by atoms with Gasteiger partial charge in [0, 0.05) is 44.7 Å². The summed E-state index contributed by atoms with van der Waals surface area (Å²) in [5, 5.41) is 4.34. The lowest BCUT2D eigenvalue weighted by atomic mass is 10.2. The summed E-state index contributed by atoms with van der Waals surface area (Å²) in [6, 6.07) is 2.46. The van der Waals surface area contributed by atoms with Crippen molar-refractivity contribution in [3.05, 3.63) is 36.8 Å². The maximum Gasteiger partial charge on any atom is 0.254 e. The molecule has 0 bridgehead atoms. The van der Waals surface area contributed by atoms with Crippen LogP contribution in [0.4, 0.5) is 5.82 Å². The summed E-state index contributed by atoms with van der Waals surface area (Å²) >= 11 is 0. The van der Waals surface area contributed by atoms with E-state index in [1.54, 1.807) is 13.4 Å². The van der Waals surface area contributed by atoms with Gasteiger partial charge in [-0.3, -0.25) is 0 Å². The van der Waals surface area contributed by atoms with E-state index in [1.807, 2.05) is 23.2 Å². The maximum atomic E-state index is 5.23. The van der Waals surface area contributed by atoms with Crippen molar-refractivity contribution in [1.82, 2.24) is 29.1 Å². The van der Waals surface area contributed by atoms with Gasteiger partial charge < -0.3 is 14.2 Å². The molecule has 120 valence electrons. The minimum absolute atomic E-state index is 0.411. The average molecular weight is 313 g/mol. The number of hydrogen-bond donors (Lipinski definition) is 0. The van der Waals surface area contributed by atoms with Crippen LogP contribution in [-0.4, -0.2) is 48.8 Å². The molecule has 0 saturated carbocycles. The van der Waals surface area contributed by atoms with E-state index in [-0.39, 0.29) is 0 Å². The smallest absolute Gasteiger partial charge is 0.254 e. The largest absolute Gasteiger partial charge is 0.378 e. The highest BCUT2D eigenvalue weighted by Gasteiger charge is 2.27. The Bertz CT molecular complexity index is 782. The molecule has 8 nitrogen and oxygen atoms in total. The van der Waals surface area contributed by atoms with Gasteiger partial charge in [-0.15, -0.1) is 0 Å². The van der Waals surface area contributed by atoms with Gasteiger partial charge >= 0.3 is 0 Å². The molecular weight excluding hydrogens is 294 g/mol. The lowest BCUT2D eigenvalue weighted by Crippen LogP contribution is -2.34. The zero-order chi connectivity index (χ0) is 15.6. The Morgan fingerprint density at radius 2 is 2.35 bits per heavy atom. The maximum absolute atomic E-state index is 5.23. The topological polar surface area (TPSA) is 73.4 Å². The molecular formula is C15H19N7O. The predicted octanol–water partition coefficient (Wildman–Crippen LogP) is 1.14. The summed E-state index contributed by atoms with van der Waals surface area (Å²) in [5.74, 6) is 1.64. The van der Waals surface area contributed by atoms with E-state index in [4.69, 9.17) is 4.74 Å². The minimum Gasteiger partial charge on any atom is -0.378 e. The number of hydrogen-bond acceptors (Lipinski definition) is 6. The molecule has 3 aromatic heterocycles. The van der Waals surface area contributed by atoms with E-state index in [2.05, 4.69) is 35.6 Å². The molecule has 1 fully saturated rings. The first-order valence-corrected chi connectivity index (χ1v) is 7.76. The van der Waals surface area contributed by atoms with Gasteiger partial charge in [0.2, 0.25) is 0 Å². The zero-order valence-corrected chi connectivity index (χ0v) is 13.0. The first kappa shape index (κ1) is 14.1. The van der Waals surface area contributed by atoms with Crippen molar-refractivity contribution in [2.24, 2.45) is 0 Å². The van der Waals surface area contributed by atoms with Crippen molar-refractivity contribution < 1.29 is 4.74 Å². The Morgan fingerprint density at radius 3 is 3.17 bits per heavy atom. The zero-order valence-electron chi connectivity index (χ0n) is 13.0. The fourth-order valence-corrected chi connectivity index (χ4v) is 3.24. The van der Waals surface area contributed by atoms with E-state index < -0.39 is 0 Å². The first-order valence-electron chi connectivity index (χ1n) is 7.76. The molecule has 0 aliphatic carbocycles. The van der Waals surface area contributed by atoms with Crippen molar-refractivity contribution in [2.45, 2.75) is 32.0 Å². The van der Waals surface area contributed by atoms with Crippen molar-refractivity contribution in [2.75, 3.05) is 18.6 Å². The number of nitrogens with zero attached hydrogens (tertiary/aromatic N) is 7. The third kappa shape index (κ3) is 2.65. The summed E-state index contributed by atoms with van der Waals surface area (Å²) in [4.78, 5) is 15.2. The molecule has 1 atom stereocenters. The molecule has 8 heteroatoms. The lowest BCUT2D eigenvalue weighted by molar-refractivity contribution is 0.181. The van der Waals surface area contributed by atoms with Crippen molar-refractivity contribution in [1.29, 1.82) is 0 Å². The molecule has 0 amide bonds. The van der Waals surface area contributed by atoms with E-state index >= 15 is 0 Å². The predicted molar refractivity (Wildman–Crippen MR) is 84.1 cm³/mol. The molecule has 0 aromatic carbocycles. The Balaban J connectivity index is 1.70. The number of imidazole rings is 1. The van der Waals surface area contributed by atoms with Gasteiger partial charge in [-0.2, -0.15) is 14.6 Å². The van der Waals surface area contributed by atoms with Crippen LogP contribution in [0.5, 0.6) is 0 Å². The van der Waals surface area contributed by atoms with Crippen LogP contribution < -0.4 is 4.90 Å². The summed E-state index contributed by atoms with van der Waals surface area (Å²) in [6.45, 7) is 2.39. The average Bonchev–Trinajstić information content (AvgIpc) is 3.28. The second-order valence-corrected chi connectivity index (χ2v) is 5.76. The first-order chi connectivity index (χ1) is 11.3. The van der Waals surface area contributed by atoms with E-state index in [9.17, 15) is 0 Å². The van der Waals surface area contributed by atoms with E-state index in [0.29, 0.717) is 18.4 Å². The Hall–Kier alpha value is -2.48. The molecule has 1 aliphatic heterocycles. The van der Waals surface area contributed by atoms with Gasteiger partial charge in [0.25, 0.3) is 5.78 Å². The van der Waals surface area contributed by atoms with E-state index in [1.165, 1.54) is 0 Å². The van der Waals surface area contributed by atoms with Gasteiger partial charge in [-0.1, -0.05) is 0 Å². The third-order valence-corrected chi connectivity index (χ3v) is 4.23.